The Kier molecular flexibility index (Phi) is 3.34. The minimum Gasteiger partial charge on any atom is -0.424 e. The van der Waals surface area contributed by atoms with Gasteiger partial charge < -0.3 is 9.73 Å². The summed E-state index contributed by atoms with van der Waals surface area (Å²) < 4.78 is 5.86. The third kappa shape index (κ3) is 2.40. The zero-order valence-corrected chi connectivity index (χ0v) is 11.2. The van der Waals surface area contributed by atoms with Crippen molar-refractivity contribution in [2.45, 2.75) is 31.1 Å². The van der Waals surface area contributed by atoms with Crippen LogP contribution >= 0.6 is 0 Å². The van der Waals surface area contributed by atoms with E-state index in [1.165, 1.54) is 5.56 Å². The predicted octanol–water partition coefficient (Wildman–Crippen LogP) is 2.30. The number of nitrogens with zero attached hydrogens (tertiary/aromatic N) is 2. The van der Waals surface area contributed by atoms with Crippen LogP contribution in [-0.4, -0.2) is 23.8 Å². The largest absolute Gasteiger partial charge is 0.424 e. The first-order valence-corrected chi connectivity index (χ1v) is 6.88. The van der Waals surface area contributed by atoms with Crippen LogP contribution in [0.4, 0.5) is 0 Å². The number of rotatable bonds is 6. The van der Waals surface area contributed by atoms with E-state index in [2.05, 4.69) is 39.8 Å². The molecule has 0 bridgehead atoms. The van der Waals surface area contributed by atoms with Crippen LogP contribution in [0.15, 0.2) is 34.7 Å². The van der Waals surface area contributed by atoms with Crippen LogP contribution in [-0.2, 0) is 11.8 Å². The number of benzene rings is 1. The summed E-state index contributed by atoms with van der Waals surface area (Å²) >= 11 is 0. The van der Waals surface area contributed by atoms with Gasteiger partial charge in [-0.1, -0.05) is 30.3 Å². The molecule has 1 fully saturated rings. The van der Waals surface area contributed by atoms with Gasteiger partial charge in [0, 0.05) is 6.42 Å². The molecule has 0 amide bonds. The normalized spacial score (nSPS) is 16.5. The first kappa shape index (κ1) is 12.4. The van der Waals surface area contributed by atoms with E-state index in [0.717, 1.165) is 44.0 Å². The minimum absolute atomic E-state index is 0.00445. The fourth-order valence-corrected chi connectivity index (χ4v) is 2.47. The Bertz CT molecular complexity index is 531. The van der Waals surface area contributed by atoms with Crippen molar-refractivity contribution in [2.75, 3.05) is 13.6 Å². The highest BCUT2D eigenvalue weighted by atomic mass is 16.4. The maximum absolute atomic E-state index is 5.86. The van der Waals surface area contributed by atoms with Gasteiger partial charge in [-0.05, 0) is 38.4 Å². The molecule has 19 heavy (non-hydrogen) atoms. The zero-order chi connectivity index (χ0) is 13.1. The van der Waals surface area contributed by atoms with Gasteiger partial charge in [-0.15, -0.1) is 10.2 Å². The van der Waals surface area contributed by atoms with E-state index in [-0.39, 0.29) is 5.41 Å². The first-order chi connectivity index (χ1) is 9.35. The lowest BCUT2D eigenvalue weighted by Gasteiger charge is -2.10. The third-order valence-corrected chi connectivity index (χ3v) is 3.77. The summed E-state index contributed by atoms with van der Waals surface area (Å²) in [5.41, 5.74) is 1.29. The van der Waals surface area contributed by atoms with Gasteiger partial charge in [0.2, 0.25) is 11.8 Å². The second kappa shape index (κ2) is 5.13. The van der Waals surface area contributed by atoms with Crippen molar-refractivity contribution in [3.8, 4) is 0 Å². The molecule has 2 aromatic rings. The summed E-state index contributed by atoms with van der Waals surface area (Å²) in [5.74, 6) is 1.55. The third-order valence-electron chi connectivity index (χ3n) is 3.77. The van der Waals surface area contributed by atoms with E-state index in [1.54, 1.807) is 0 Å². The van der Waals surface area contributed by atoms with Crippen LogP contribution < -0.4 is 5.32 Å². The van der Waals surface area contributed by atoms with Gasteiger partial charge >= 0.3 is 0 Å². The summed E-state index contributed by atoms with van der Waals surface area (Å²) in [6.45, 7) is 0.974. The molecule has 1 aliphatic carbocycles. The fourth-order valence-electron chi connectivity index (χ4n) is 2.47. The number of aryl methyl sites for hydroxylation is 1. The van der Waals surface area contributed by atoms with Crippen molar-refractivity contribution in [2.24, 2.45) is 0 Å². The molecule has 3 rings (SSSR count). The van der Waals surface area contributed by atoms with E-state index < -0.39 is 0 Å². The van der Waals surface area contributed by atoms with Crippen molar-refractivity contribution in [1.29, 1.82) is 0 Å². The lowest BCUT2D eigenvalue weighted by Crippen LogP contribution is -2.09. The van der Waals surface area contributed by atoms with Crippen LogP contribution in [0.1, 0.15) is 36.6 Å². The first-order valence-electron chi connectivity index (χ1n) is 6.88. The Labute approximate surface area is 113 Å². The Balaban J connectivity index is 1.76. The second-order valence-corrected chi connectivity index (χ2v) is 5.16. The van der Waals surface area contributed by atoms with Crippen LogP contribution in [0.2, 0.25) is 0 Å². The molecule has 1 aromatic heterocycles. The van der Waals surface area contributed by atoms with Crippen molar-refractivity contribution in [3.05, 3.63) is 47.7 Å². The van der Waals surface area contributed by atoms with Crippen molar-refractivity contribution >= 4 is 0 Å². The lowest BCUT2D eigenvalue weighted by molar-refractivity contribution is 0.421. The van der Waals surface area contributed by atoms with Gasteiger partial charge in [0.1, 0.15) is 0 Å². The van der Waals surface area contributed by atoms with Gasteiger partial charge in [0.05, 0.1) is 5.41 Å². The van der Waals surface area contributed by atoms with E-state index >= 15 is 0 Å². The summed E-state index contributed by atoms with van der Waals surface area (Å²) in [6.07, 6.45) is 4.08. The number of hydrogen-bond acceptors (Lipinski definition) is 4. The highest BCUT2D eigenvalue weighted by Gasteiger charge is 2.50. The summed E-state index contributed by atoms with van der Waals surface area (Å²) in [4.78, 5) is 0. The lowest BCUT2D eigenvalue weighted by atomic mass is 9.96. The topological polar surface area (TPSA) is 51.0 Å². The predicted molar refractivity (Wildman–Crippen MR) is 73.0 cm³/mol. The molecule has 0 unspecified atom stereocenters. The van der Waals surface area contributed by atoms with Crippen LogP contribution in [0.3, 0.4) is 0 Å². The molecule has 1 aromatic carbocycles. The molecule has 0 aliphatic heterocycles. The smallest absolute Gasteiger partial charge is 0.227 e. The molecular formula is C15H19N3O. The SMILES string of the molecule is CNCCCc1nnc(C2(c3ccccc3)CC2)o1. The molecule has 4 nitrogen and oxygen atoms in total. The maximum Gasteiger partial charge on any atom is 0.227 e. The number of aromatic nitrogens is 2. The van der Waals surface area contributed by atoms with Crippen LogP contribution in [0, 0.1) is 0 Å². The monoisotopic (exact) mass is 257 g/mol. The van der Waals surface area contributed by atoms with Crippen LogP contribution in [0.5, 0.6) is 0 Å². The number of hydrogen-bond donors (Lipinski definition) is 1. The molecule has 1 heterocycles. The van der Waals surface area contributed by atoms with E-state index in [4.69, 9.17) is 4.42 Å². The summed E-state index contributed by atoms with van der Waals surface area (Å²) in [7, 11) is 1.95. The van der Waals surface area contributed by atoms with Gasteiger partial charge in [-0.3, -0.25) is 0 Å². The van der Waals surface area contributed by atoms with Crippen molar-refractivity contribution in [3.63, 3.8) is 0 Å². The standard InChI is InChI=1S/C15H19N3O/c1-16-11-5-8-13-17-18-14(19-13)15(9-10-15)12-6-3-2-4-7-12/h2-4,6-7,16H,5,8-11H2,1H3. The highest BCUT2D eigenvalue weighted by Crippen LogP contribution is 2.52. The summed E-state index contributed by atoms with van der Waals surface area (Å²) in [5, 5.41) is 11.6. The molecule has 4 heteroatoms. The van der Waals surface area contributed by atoms with E-state index in [1.807, 2.05) is 13.1 Å². The van der Waals surface area contributed by atoms with E-state index in [9.17, 15) is 0 Å². The number of nitrogens with one attached hydrogen (secondary N) is 1. The molecule has 1 saturated carbocycles. The highest BCUT2D eigenvalue weighted by molar-refractivity contribution is 5.37. The molecule has 0 spiro atoms. The van der Waals surface area contributed by atoms with Gasteiger partial charge in [0.25, 0.3) is 0 Å². The molecule has 100 valence electrons. The molecule has 1 N–H and O–H groups in total. The Morgan fingerprint density at radius 2 is 2.00 bits per heavy atom. The van der Waals surface area contributed by atoms with Crippen molar-refractivity contribution < 1.29 is 4.42 Å². The van der Waals surface area contributed by atoms with E-state index in [0.29, 0.717) is 0 Å². The quantitative estimate of drug-likeness (QED) is 0.807. The zero-order valence-electron chi connectivity index (χ0n) is 11.2. The summed E-state index contributed by atoms with van der Waals surface area (Å²) in [6, 6.07) is 10.5. The maximum atomic E-state index is 5.86. The fraction of sp³-hybridized carbons (Fsp3) is 0.467. The molecular weight excluding hydrogens is 238 g/mol. The van der Waals surface area contributed by atoms with Gasteiger partial charge in [0.15, 0.2) is 0 Å². The average Bonchev–Trinajstić information content (AvgIpc) is 3.14. The average molecular weight is 257 g/mol. The van der Waals surface area contributed by atoms with Crippen LogP contribution in [0.25, 0.3) is 0 Å². The van der Waals surface area contributed by atoms with Gasteiger partial charge in [-0.25, -0.2) is 0 Å². The molecule has 0 atom stereocenters. The Morgan fingerprint density at radius 3 is 2.68 bits per heavy atom. The van der Waals surface area contributed by atoms with Gasteiger partial charge in [-0.2, -0.15) is 0 Å². The molecule has 0 radical (unpaired) electrons. The van der Waals surface area contributed by atoms with Crippen molar-refractivity contribution in [1.82, 2.24) is 15.5 Å². The Morgan fingerprint density at radius 1 is 1.21 bits per heavy atom. The molecule has 0 saturated heterocycles. The second-order valence-electron chi connectivity index (χ2n) is 5.16. The Hall–Kier alpha value is -1.68. The minimum atomic E-state index is -0.00445. The molecule has 1 aliphatic rings.